The molecule has 0 spiro atoms. The molecule has 2 heterocycles. The van der Waals surface area contributed by atoms with Crippen LogP contribution in [0.25, 0.3) is 0 Å². The van der Waals surface area contributed by atoms with Gasteiger partial charge in [0.15, 0.2) is 0 Å². The number of urea groups is 1. The van der Waals surface area contributed by atoms with Gasteiger partial charge in [-0.2, -0.15) is 18.7 Å². The van der Waals surface area contributed by atoms with Crippen LogP contribution in [0.5, 0.6) is 0 Å². The smallest absolute Gasteiger partial charge is 1.00 e. The van der Waals surface area contributed by atoms with Gasteiger partial charge in [-0.25, -0.2) is 4.79 Å². The van der Waals surface area contributed by atoms with Crippen LogP contribution in [0, 0.1) is 17.2 Å². The molecule has 1 fully saturated rings. The largest absolute Gasteiger partial charge is 1.00 e. The van der Waals surface area contributed by atoms with E-state index in [-0.39, 0.29) is 43.4 Å². The van der Waals surface area contributed by atoms with E-state index in [4.69, 9.17) is 9.81 Å². The summed E-state index contributed by atoms with van der Waals surface area (Å²) < 4.78 is 34.6. The van der Waals surface area contributed by atoms with Gasteiger partial charge in [0.1, 0.15) is 12.1 Å². The van der Waals surface area contributed by atoms with Gasteiger partial charge in [-0.3, -0.25) is 4.55 Å². The van der Waals surface area contributed by atoms with Gasteiger partial charge in [0.05, 0.1) is 12.6 Å². The van der Waals surface area contributed by atoms with E-state index in [0.29, 0.717) is 5.06 Å². The molecule has 106 valence electrons. The van der Waals surface area contributed by atoms with Crippen LogP contribution in [0.3, 0.4) is 0 Å². The fraction of sp³-hybridized carbons (Fsp3) is 0.600. The molecule has 0 unspecified atom stereocenters. The first-order chi connectivity index (χ1) is 8.74. The number of hydrogen-bond acceptors (Lipinski definition) is 5. The zero-order valence-corrected chi connectivity index (χ0v) is 14.2. The van der Waals surface area contributed by atoms with Crippen LogP contribution in [-0.4, -0.2) is 47.6 Å². The van der Waals surface area contributed by atoms with Crippen molar-refractivity contribution in [2.24, 2.45) is 5.92 Å². The molecule has 2 aliphatic heterocycles. The predicted molar refractivity (Wildman–Crippen MR) is 63.8 cm³/mol. The second-order valence-electron chi connectivity index (χ2n) is 4.67. The predicted octanol–water partition coefficient (Wildman–Crippen LogP) is -2.57. The second-order valence-corrected chi connectivity index (χ2v) is 5.68. The van der Waals surface area contributed by atoms with Gasteiger partial charge >= 0.3 is 46.0 Å². The van der Waals surface area contributed by atoms with Gasteiger partial charge in [0.25, 0.3) is 0 Å². The summed E-state index contributed by atoms with van der Waals surface area (Å²) in [4.78, 5) is 13.2. The number of hydroxylamine groups is 2. The van der Waals surface area contributed by atoms with Crippen molar-refractivity contribution in [1.29, 1.82) is 5.26 Å². The quantitative estimate of drug-likeness (QED) is 0.348. The van der Waals surface area contributed by atoms with Crippen molar-refractivity contribution in [3.8, 4) is 6.07 Å². The average Bonchev–Trinajstić information content (AvgIpc) is 2.54. The number of carbonyl (C=O) groups excluding carboxylic acids is 1. The number of carbonyl (C=O) groups is 1. The monoisotopic (exact) mass is 311 g/mol. The SMILES string of the molecule is CC(C)C1=C[C@@H](C#N)N2C[C@@H]1N(OS(=O)(=O)O)C2=O.[H-].[Na+]. The summed E-state index contributed by atoms with van der Waals surface area (Å²) in [5.74, 6) is 0.0152. The molecule has 0 aromatic rings. The van der Waals surface area contributed by atoms with Crippen LogP contribution in [0.1, 0.15) is 15.3 Å². The van der Waals surface area contributed by atoms with Crippen molar-refractivity contribution >= 4 is 16.4 Å². The minimum Gasteiger partial charge on any atom is -1.00 e. The Morgan fingerprint density at radius 3 is 2.65 bits per heavy atom. The van der Waals surface area contributed by atoms with Crippen molar-refractivity contribution in [1.82, 2.24) is 9.96 Å². The van der Waals surface area contributed by atoms with Crippen LogP contribution in [-0.2, 0) is 14.7 Å². The van der Waals surface area contributed by atoms with Gasteiger partial charge in [0.2, 0.25) is 0 Å². The summed E-state index contributed by atoms with van der Waals surface area (Å²) in [7, 11) is -4.78. The summed E-state index contributed by atoms with van der Waals surface area (Å²) in [5, 5.41) is 9.64. The number of nitriles is 1. The molecule has 2 amide bonds. The van der Waals surface area contributed by atoms with Crippen molar-refractivity contribution in [3.63, 3.8) is 0 Å². The summed E-state index contributed by atoms with van der Waals surface area (Å²) in [6.07, 6.45) is 1.63. The molecule has 0 radical (unpaired) electrons. The van der Waals surface area contributed by atoms with E-state index in [1.165, 1.54) is 4.90 Å². The van der Waals surface area contributed by atoms with E-state index in [0.717, 1.165) is 5.57 Å². The Labute approximate surface area is 140 Å². The van der Waals surface area contributed by atoms with Crippen LogP contribution in [0.15, 0.2) is 11.6 Å². The molecule has 20 heavy (non-hydrogen) atoms. The van der Waals surface area contributed by atoms with Crippen molar-refractivity contribution in [2.75, 3.05) is 6.54 Å². The first-order valence-corrected chi connectivity index (χ1v) is 6.99. The molecule has 8 nitrogen and oxygen atoms in total. The molecule has 2 bridgehead atoms. The summed E-state index contributed by atoms with van der Waals surface area (Å²) >= 11 is 0. The first-order valence-electron chi connectivity index (χ1n) is 5.62. The maximum atomic E-state index is 12.0. The van der Waals surface area contributed by atoms with Crippen molar-refractivity contribution < 1.29 is 53.0 Å². The van der Waals surface area contributed by atoms with E-state index in [9.17, 15) is 13.2 Å². The Morgan fingerprint density at radius 1 is 1.60 bits per heavy atom. The fourth-order valence-corrected chi connectivity index (χ4v) is 2.70. The Hall–Kier alpha value is -0.630. The van der Waals surface area contributed by atoms with Crippen LogP contribution >= 0.6 is 0 Å². The molecule has 0 aromatic carbocycles. The van der Waals surface area contributed by atoms with Crippen LogP contribution in [0.2, 0.25) is 0 Å². The molecule has 2 atom stereocenters. The third kappa shape index (κ3) is 3.16. The topological polar surface area (TPSA) is 111 Å². The summed E-state index contributed by atoms with van der Waals surface area (Å²) in [5.41, 5.74) is 0.734. The fourth-order valence-electron chi connectivity index (χ4n) is 2.32. The Bertz CT molecular complexity index is 588. The normalized spacial score (nSPS) is 25.4. The maximum Gasteiger partial charge on any atom is 1.00 e. The van der Waals surface area contributed by atoms with E-state index >= 15 is 0 Å². The molecular formula is C10H14N3NaO5S. The van der Waals surface area contributed by atoms with Gasteiger partial charge in [-0.05, 0) is 17.6 Å². The van der Waals surface area contributed by atoms with E-state index < -0.39 is 28.5 Å². The molecule has 0 saturated carbocycles. The minimum atomic E-state index is -4.78. The Balaban J connectivity index is 0.00000200. The standard InChI is InChI=1S/C10H13N3O5S.Na.H/c1-6(2)8-3-7(4-11)12-5-9(8)13(10(12)14)18-19(15,16)17;;/h3,6-7,9H,5H2,1-2H3,(H,15,16,17);;/q;+1;-1/t7-,9-;;/m0../s1. The van der Waals surface area contributed by atoms with E-state index in [1.807, 2.05) is 19.9 Å². The number of nitrogens with zero attached hydrogens (tertiary/aromatic N) is 3. The Kier molecular flexibility index (Phi) is 5.23. The number of rotatable bonds is 3. The maximum absolute atomic E-state index is 12.0. The zero-order valence-electron chi connectivity index (χ0n) is 12.3. The minimum absolute atomic E-state index is 0. The molecular weight excluding hydrogens is 297 g/mol. The zero-order chi connectivity index (χ0) is 14.4. The average molecular weight is 311 g/mol. The first kappa shape index (κ1) is 17.4. The van der Waals surface area contributed by atoms with Crippen LogP contribution < -0.4 is 29.6 Å². The van der Waals surface area contributed by atoms with Crippen LogP contribution in [0.4, 0.5) is 4.79 Å². The third-order valence-electron chi connectivity index (χ3n) is 3.13. The van der Waals surface area contributed by atoms with Crippen molar-refractivity contribution in [2.45, 2.75) is 25.9 Å². The van der Waals surface area contributed by atoms with Gasteiger partial charge in [-0.1, -0.05) is 13.8 Å². The Morgan fingerprint density at radius 2 is 2.20 bits per heavy atom. The molecule has 0 aliphatic carbocycles. The van der Waals surface area contributed by atoms with Crippen molar-refractivity contribution in [3.05, 3.63) is 11.6 Å². The molecule has 0 aromatic heterocycles. The van der Waals surface area contributed by atoms with Gasteiger partial charge < -0.3 is 6.33 Å². The molecule has 1 saturated heterocycles. The number of amides is 2. The summed E-state index contributed by atoms with van der Waals surface area (Å²) in [6, 6.07) is -0.150. The summed E-state index contributed by atoms with van der Waals surface area (Å²) in [6.45, 7) is 3.89. The van der Waals surface area contributed by atoms with Gasteiger partial charge in [-0.15, -0.1) is 4.28 Å². The van der Waals surface area contributed by atoms with Gasteiger partial charge in [0, 0.05) is 0 Å². The number of fused-ring (bicyclic) bond motifs is 2. The van der Waals surface area contributed by atoms with E-state index in [1.54, 1.807) is 6.08 Å². The van der Waals surface area contributed by atoms with E-state index in [2.05, 4.69) is 4.28 Å². The second kappa shape index (κ2) is 6.01. The molecule has 10 heteroatoms. The third-order valence-corrected chi connectivity index (χ3v) is 3.48. The number of hydrogen-bond donors (Lipinski definition) is 1. The molecule has 2 rings (SSSR count). The molecule has 2 aliphatic rings. The molecule has 1 N–H and O–H groups in total.